The van der Waals surface area contributed by atoms with Gasteiger partial charge >= 0.3 is 0 Å². The molecule has 0 bridgehead atoms. The van der Waals surface area contributed by atoms with Gasteiger partial charge in [-0.25, -0.2) is 0 Å². The Balaban J connectivity index is 1.81. The van der Waals surface area contributed by atoms with Crippen molar-refractivity contribution in [3.63, 3.8) is 0 Å². The summed E-state index contributed by atoms with van der Waals surface area (Å²) < 4.78 is 5.97. The van der Waals surface area contributed by atoms with Crippen LogP contribution in [0.25, 0.3) is 0 Å². The lowest BCUT2D eigenvalue weighted by atomic mass is 10.0. The number of anilines is 1. The molecule has 4 nitrogen and oxygen atoms in total. The number of nitrogens with one attached hydrogen (secondary N) is 2. The molecular formula is C19H33N3O. The summed E-state index contributed by atoms with van der Waals surface area (Å²) in [5.41, 5.74) is 2.50. The Morgan fingerprint density at radius 3 is 2.78 bits per heavy atom. The van der Waals surface area contributed by atoms with Crippen LogP contribution in [0.3, 0.4) is 0 Å². The van der Waals surface area contributed by atoms with E-state index in [4.69, 9.17) is 4.74 Å². The van der Waals surface area contributed by atoms with E-state index in [0.29, 0.717) is 12.1 Å². The normalized spacial score (nSPS) is 18.2. The van der Waals surface area contributed by atoms with E-state index in [1.165, 1.54) is 5.56 Å². The van der Waals surface area contributed by atoms with Gasteiger partial charge in [-0.1, -0.05) is 26.8 Å². The quantitative estimate of drug-likeness (QED) is 0.733. The molecule has 1 aliphatic rings. The monoisotopic (exact) mass is 319 g/mol. The van der Waals surface area contributed by atoms with Crippen LogP contribution in [0.4, 0.5) is 5.69 Å². The van der Waals surface area contributed by atoms with E-state index in [9.17, 15) is 0 Å². The molecule has 1 aliphatic heterocycles. The zero-order chi connectivity index (χ0) is 16.7. The first-order valence-electron chi connectivity index (χ1n) is 9.15. The molecule has 1 aromatic carbocycles. The van der Waals surface area contributed by atoms with Crippen LogP contribution in [0.1, 0.15) is 39.7 Å². The largest absolute Gasteiger partial charge is 0.486 e. The third kappa shape index (κ3) is 5.40. The van der Waals surface area contributed by atoms with Gasteiger partial charge in [-0.15, -0.1) is 0 Å². The fourth-order valence-electron chi connectivity index (χ4n) is 3.05. The maximum Gasteiger partial charge on any atom is 0.142 e. The Morgan fingerprint density at radius 2 is 2.09 bits per heavy atom. The van der Waals surface area contributed by atoms with E-state index in [0.717, 1.165) is 57.0 Å². The maximum absolute atomic E-state index is 5.97. The number of rotatable bonds is 9. The molecular weight excluding hydrogens is 286 g/mol. The van der Waals surface area contributed by atoms with Crippen molar-refractivity contribution in [1.82, 2.24) is 10.2 Å². The summed E-state index contributed by atoms with van der Waals surface area (Å²) in [6.07, 6.45) is 2.39. The number of likely N-dealkylation sites (N-methyl/N-ethyl adjacent to an activating group) is 1. The molecule has 0 fully saturated rings. The van der Waals surface area contributed by atoms with Crippen LogP contribution >= 0.6 is 0 Å². The predicted octanol–water partition coefficient (Wildman–Crippen LogP) is 3.13. The minimum Gasteiger partial charge on any atom is -0.486 e. The molecule has 2 rings (SSSR count). The van der Waals surface area contributed by atoms with Gasteiger partial charge < -0.3 is 20.3 Å². The van der Waals surface area contributed by atoms with E-state index in [2.05, 4.69) is 61.4 Å². The van der Waals surface area contributed by atoms with Crippen LogP contribution in [0.15, 0.2) is 18.2 Å². The van der Waals surface area contributed by atoms with Crippen LogP contribution < -0.4 is 15.4 Å². The Bertz CT molecular complexity index is 474. The maximum atomic E-state index is 5.97. The van der Waals surface area contributed by atoms with E-state index < -0.39 is 0 Å². The molecule has 2 atom stereocenters. The summed E-state index contributed by atoms with van der Waals surface area (Å²) >= 11 is 0. The molecule has 0 saturated carbocycles. The Hall–Kier alpha value is -1.26. The van der Waals surface area contributed by atoms with Gasteiger partial charge in [0.2, 0.25) is 0 Å². The van der Waals surface area contributed by atoms with Crippen LogP contribution in [-0.2, 0) is 6.42 Å². The lowest BCUT2D eigenvalue weighted by molar-refractivity contribution is 0.202. The van der Waals surface area contributed by atoms with Gasteiger partial charge in [0.05, 0.1) is 12.2 Å². The lowest BCUT2D eigenvalue weighted by Crippen LogP contribution is -2.36. The molecule has 130 valence electrons. The van der Waals surface area contributed by atoms with E-state index in [1.807, 2.05) is 0 Å². The van der Waals surface area contributed by atoms with Gasteiger partial charge in [0, 0.05) is 19.1 Å². The first-order valence-corrected chi connectivity index (χ1v) is 9.15. The second kappa shape index (κ2) is 9.14. The number of nitrogens with zero attached hydrogens (tertiary/aromatic N) is 1. The molecule has 0 radical (unpaired) electrons. The highest BCUT2D eigenvalue weighted by Crippen LogP contribution is 2.30. The van der Waals surface area contributed by atoms with Gasteiger partial charge in [0.15, 0.2) is 0 Å². The van der Waals surface area contributed by atoms with Gasteiger partial charge in [-0.3, -0.25) is 0 Å². The second-order valence-corrected chi connectivity index (χ2v) is 6.45. The number of ether oxygens (including phenoxy) is 1. The molecule has 23 heavy (non-hydrogen) atoms. The molecule has 0 aliphatic carbocycles. The molecule has 0 aromatic heterocycles. The highest BCUT2D eigenvalue weighted by molar-refractivity contribution is 5.59. The molecule has 0 spiro atoms. The summed E-state index contributed by atoms with van der Waals surface area (Å²) in [5.74, 6) is 0.994. The Morgan fingerprint density at radius 1 is 1.30 bits per heavy atom. The van der Waals surface area contributed by atoms with Crippen molar-refractivity contribution in [2.24, 2.45) is 0 Å². The van der Waals surface area contributed by atoms with E-state index in [1.54, 1.807) is 0 Å². The van der Waals surface area contributed by atoms with Crippen LogP contribution in [-0.4, -0.2) is 49.8 Å². The summed E-state index contributed by atoms with van der Waals surface area (Å²) in [7, 11) is 0. The Labute approximate surface area is 141 Å². The van der Waals surface area contributed by atoms with Crippen molar-refractivity contribution < 1.29 is 4.74 Å². The van der Waals surface area contributed by atoms with Crippen molar-refractivity contribution in [2.45, 2.75) is 52.7 Å². The first kappa shape index (κ1) is 18.1. The van der Waals surface area contributed by atoms with Crippen molar-refractivity contribution >= 4 is 5.69 Å². The summed E-state index contributed by atoms with van der Waals surface area (Å²) in [5, 5.41) is 7.13. The zero-order valence-corrected chi connectivity index (χ0v) is 15.2. The van der Waals surface area contributed by atoms with Gasteiger partial charge in [0.25, 0.3) is 0 Å². The number of hydrogen-bond acceptors (Lipinski definition) is 4. The highest BCUT2D eigenvalue weighted by Gasteiger charge is 2.18. The highest BCUT2D eigenvalue weighted by atomic mass is 16.5. The van der Waals surface area contributed by atoms with E-state index >= 15 is 0 Å². The van der Waals surface area contributed by atoms with E-state index in [-0.39, 0.29) is 0 Å². The second-order valence-electron chi connectivity index (χ2n) is 6.45. The smallest absolute Gasteiger partial charge is 0.142 e. The SMILES string of the molecule is CCC1CNc2cc(CC(C)NCCN(CC)CC)ccc2O1. The number of hydrogen-bond donors (Lipinski definition) is 2. The number of benzene rings is 1. The molecule has 1 aromatic rings. The fraction of sp³-hybridized carbons (Fsp3) is 0.684. The van der Waals surface area contributed by atoms with Crippen LogP contribution in [0, 0.1) is 0 Å². The average molecular weight is 319 g/mol. The fourth-order valence-corrected chi connectivity index (χ4v) is 3.05. The summed E-state index contributed by atoms with van der Waals surface area (Å²) in [6, 6.07) is 7.03. The van der Waals surface area contributed by atoms with Crippen molar-refractivity contribution in [2.75, 3.05) is 38.0 Å². The lowest BCUT2D eigenvalue weighted by Gasteiger charge is -2.27. The average Bonchev–Trinajstić information content (AvgIpc) is 2.58. The summed E-state index contributed by atoms with van der Waals surface area (Å²) in [6.45, 7) is 14.2. The molecule has 2 unspecified atom stereocenters. The van der Waals surface area contributed by atoms with Gasteiger partial charge in [-0.05, 0) is 50.6 Å². The number of fused-ring (bicyclic) bond motifs is 1. The molecule has 4 heteroatoms. The van der Waals surface area contributed by atoms with Crippen molar-refractivity contribution in [3.8, 4) is 5.75 Å². The molecule has 1 heterocycles. The minimum absolute atomic E-state index is 0.300. The predicted molar refractivity (Wildman–Crippen MR) is 98.6 cm³/mol. The van der Waals surface area contributed by atoms with Crippen molar-refractivity contribution in [3.05, 3.63) is 23.8 Å². The Kier molecular flexibility index (Phi) is 7.18. The third-order valence-corrected chi connectivity index (χ3v) is 4.67. The topological polar surface area (TPSA) is 36.5 Å². The molecule has 2 N–H and O–H groups in total. The first-order chi connectivity index (χ1) is 11.2. The van der Waals surface area contributed by atoms with Gasteiger partial charge in [-0.2, -0.15) is 0 Å². The zero-order valence-electron chi connectivity index (χ0n) is 15.2. The van der Waals surface area contributed by atoms with Gasteiger partial charge in [0.1, 0.15) is 11.9 Å². The van der Waals surface area contributed by atoms with Crippen LogP contribution in [0.5, 0.6) is 5.75 Å². The molecule has 0 amide bonds. The van der Waals surface area contributed by atoms with Crippen LogP contribution in [0.2, 0.25) is 0 Å². The minimum atomic E-state index is 0.300. The van der Waals surface area contributed by atoms with Crippen molar-refractivity contribution in [1.29, 1.82) is 0 Å². The summed E-state index contributed by atoms with van der Waals surface area (Å²) in [4.78, 5) is 2.45. The molecule has 0 saturated heterocycles. The standard InChI is InChI=1S/C19H33N3O/c1-5-17-14-21-18-13-16(8-9-19(18)23-17)12-15(4)20-10-11-22(6-2)7-3/h8-9,13,15,17,20-21H,5-7,10-12,14H2,1-4H3. The third-order valence-electron chi connectivity index (χ3n) is 4.67.